The number of fused-ring (bicyclic) bond motifs is 6. The van der Waals surface area contributed by atoms with Gasteiger partial charge in [-0.1, -0.05) is 0 Å². The van der Waals surface area contributed by atoms with E-state index in [1.165, 1.54) is 6.42 Å². The molecule has 8 saturated heterocycles. The summed E-state index contributed by atoms with van der Waals surface area (Å²) >= 11 is 0. The number of ether oxygens (including phenoxy) is 4. The number of hydrogen-bond acceptors (Lipinski definition) is 11. The van der Waals surface area contributed by atoms with Crippen LogP contribution < -0.4 is 16.0 Å². The molecule has 4 amide bonds. The lowest BCUT2D eigenvalue weighted by Crippen LogP contribution is -2.62. The largest absolute Gasteiger partial charge is 0.450 e. The molecule has 4 bridgehead atoms. The van der Waals surface area contributed by atoms with Crippen molar-refractivity contribution < 1.29 is 42.9 Å². The van der Waals surface area contributed by atoms with E-state index in [0.29, 0.717) is 63.1 Å². The fraction of sp³-hybridized carbons (Fsp3) is 0.853. The summed E-state index contributed by atoms with van der Waals surface area (Å²) in [5.74, 6) is 0.934. The molecule has 0 aromatic heterocycles. The first-order valence-corrected chi connectivity index (χ1v) is 18.4. The van der Waals surface area contributed by atoms with Crippen LogP contribution in [0.3, 0.4) is 0 Å². The molecule has 50 heavy (non-hydrogen) atoms. The normalized spacial score (nSPS) is 31.6. The van der Waals surface area contributed by atoms with Crippen LogP contribution in [0.25, 0.3) is 0 Å². The van der Waals surface area contributed by atoms with Crippen LogP contribution in [0.4, 0.5) is 19.2 Å². The van der Waals surface area contributed by atoms with Gasteiger partial charge in [-0.25, -0.2) is 19.2 Å². The van der Waals surface area contributed by atoms with Crippen molar-refractivity contribution >= 4 is 42.6 Å². The van der Waals surface area contributed by atoms with E-state index in [1.54, 1.807) is 11.8 Å². The molecule has 16 heteroatoms. The monoisotopic (exact) mass is 726 g/mol. The lowest BCUT2D eigenvalue weighted by molar-refractivity contribution is -0.131. The lowest BCUT2D eigenvalue weighted by Gasteiger charge is -2.53. The topological polar surface area (TPSA) is 168 Å². The minimum Gasteiger partial charge on any atom is -0.450 e. The number of nitrogens with zero attached hydrogens (tertiary/aromatic N) is 3. The van der Waals surface area contributed by atoms with E-state index in [1.807, 2.05) is 11.8 Å². The second-order valence-electron chi connectivity index (χ2n) is 14.7. The minimum absolute atomic E-state index is 0. The minimum atomic E-state index is -0.280. The molecule has 3 N–H and O–H groups in total. The highest BCUT2D eigenvalue weighted by Gasteiger charge is 2.49. The van der Waals surface area contributed by atoms with Crippen molar-refractivity contribution in [2.75, 3.05) is 65.6 Å². The Labute approximate surface area is 300 Å². The van der Waals surface area contributed by atoms with Gasteiger partial charge in [0.25, 0.3) is 0 Å². The Morgan fingerprint density at radius 1 is 0.780 bits per heavy atom. The molecule has 5 unspecified atom stereocenters. The van der Waals surface area contributed by atoms with E-state index in [4.69, 9.17) is 18.9 Å². The molecule has 8 aliphatic heterocycles. The fourth-order valence-electron chi connectivity index (χ4n) is 9.00. The summed E-state index contributed by atoms with van der Waals surface area (Å²) in [4.78, 5) is 63.4. The molecule has 2 spiro atoms. The van der Waals surface area contributed by atoms with Gasteiger partial charge in [-0.2, -0.15) is 0 Å². The number of piperidine rings is 6. The zero-order valence-corrected chi connectivity index (χ0v) is 30.3. The summed E-state index contributed by atoms with van der Waals surface area (Å²) in [6.45, 7) is 11.1. The third-order valence-corrected chi connectivity index (χ3v) is 11.8. The number of rotatable bonds is 3. The number of carbonyl (C=O) groups is 5. The summed E-state index contributed by atoms with van der Waals surface area (Å²) < 4.78 is 20.9. The quantitative estimate of drug-likeness (QED) is 0.366. The van der Waals surface area contributed by atoms with Gasteiger partial charge < -0.3 is 44.7 Å². The number of halogens is 1. The Morgan fingerprint density at radius 3 is 1.80 bits per heavy atom. The molecule has 0 aromatic carbocycles. The van der Waals surface area contributed by atoms with Gasteiger partial charge in [0.1, 0.15) is 17.0 Å². The molecule has 10 fully saturated rings. The molecular weight excluding hydrogens is 672 g/mol. The van der Waals surface area contributed by atoms with Gasteiger partial charge in [-0.05, 0) is 65.0 Å². The van der Waals surface area contributed by atoms with Crippen molar-refractivity contribution in [1.29, 1.82) is 0 Å². The first-order valence-electron chi connectivity index (χ1n) is 18.4. The van der Waals surface area contributed by atoms with Crippen LogP contribution in [-0.2, 0) is 23.7 Å². The van der Waals surface area contributed by atoms with Crippen LogP contribution in [0.1, 0.15) is 78.1 Å². The third-order valence-electron chi connectivity index (χ3n) is 11.8. The second-order valence-corrected chi connectivity index (χ2v) is 14.7. The standard InChI is InChI=1S/C17H27N3O4.C10H15NO3.C7H12N2O2.ClH/c1-2-23-16(22)20-10-12-3-4-13(20)9-14(12)19-7-5-17(6-8-19)11-18-15(21)24-17;1-2-14-10(13)11-6-7-3-4-8(11)5-9(7)12;10-6-9-5-7(11-6)1-3-8-4-2-7;/h12-14H,2-11H2,1H3,(H,18,21);7-8H,2-6H2,1H3;8H,1-5H2,(H,9,10);1H. The van der Waals surface area contributed by atoms with Crippen LogP contribution in [0, 0.1) is 11.8 Å². The highest BCUT2D eigenvalue weighted by molar-refractivity contribution is 5.86. The van der Waals surface area contributed by atoms with E-state index >= 15 is 0 Å². The zero-order valence-electron chi connectivity index (χ0n) is 29.5. The maximum absolute atomic E-state index is 12.1. The molecule has 0 aromatic rings. The lowest BCUT2D eigenvalue weighted by atomic mass is 9.74. The van der Waals surface area contributed by atoms with E-state index < -0.39 is 0 Å². The number of likely N-dealkylation sites (tertiary alicyclic amines) is 1. The number of amides is 4. The maximum Gasteiger partial charge on any atom is 0.410 e. The molecule has 282 valence electrons. The smallest absolute Gasteiger partial charge is 0.410 e. The van der Waals surface area contributed by atoms with Crippen LogP contribution in [0.2, 0.25) is 0 Å². The van der Waals surface area contributed by atoms with Crippen molar-refractivity contribution in [1.82, 2.24) is 30.7 Å². The molecule has 10 rings (SSSR count). The molecule has 15 nitrogen and oxygen atoms in total. The van der Waals surface area contributed by atoms with Gasteiger partial charge >= 0.3 is 24.4 Å². The second kappa shape index (κ2) is 16.5. The van der Waals surface area contributed by atoms with Crippen LogP contribution >= 0.6 is 12.4 Å². The molecule has 5 atom stereocenters. The fourth-order valence-corrected chi connectivity index (χ4v) is 9.00. The first-order chi connectivity index (χ1) is 23.6. The summed E-state index contributed by atoms with van der Waals surface area (Å²) in [5.41, 5.74) is -0.458. The number of Topliss-reactive ketones (excluding diaryl/α,β-unsaturated/α-hetero) is 1. The van der Waals surface area contributed by atoms with Crippen molar-refractivity contribution in [3.63, 3.8) is 0 Å². The predicted octanol–water partition coefficient (Wildman–Crippen LogP) is 3.04. The predicted molar refractivity (Wildman–Crippen MR) is 183 cm³/mol. The Kier molecular flexibility index (Phi) is 12.6. The summed E-state index contributed by atoms with van der Waals surface area (Å²) in [5, 5.41) is 8.72. The third kappa shape index (κ3) is 8.52. The van der Waals surface area contributed by atoms with Crippen LogP contribution in [-0.4, -0.2) is 140 Å². The van der Waals surface area contributed by atoms with Gasteiger partial charge in [0.05, 0.1) is 26.3 Å². The van der Waals surface area contributed by atoms with Crippen molar-refractivity contribution in [3.05, 3.63) is 0 Å². The van der Waals surface area contributed by atoms with Gasteiger partial charge in [-0.15, -0.1) is 12.4 Å². The van der Waals surface area contributed by atoms with E-state index in [2.05, 4.69) is 20.9 Å². The highest BCUT2D eigenvalue weighted by atomic mass is 35.5. The molecule has 0 radical (unpaired) electrons. The van der Waals surface area contributed by atoms with Crippen LogP contribution in [0.5, 0.6) is 0 Å². The molecular formula is C34H55ClN6O9. The Bertz CT molecular complexity index is 1240. The Hall–Kier alpha value is -3.04. The number of carbonyl (C=O) groups excluding carboxylic acids is 5. The highest BCUT2D eigenvalue weighted by Crippen LogP contribution is 2.41. The van der Waals surface area contributed by atoms with Gasteiger partial charge in [0.2, 0.25) is 0 Å². The maximum atomic E-state index is 12.1. The average Bonchev–Trinajstić information content (AvgIpc) is 3.66. The zero-order chi connectivity index (χ0) is 34.6. The SMILES string of the molecule is CCOC(=O)N1CC2CCC1CC2=O.CCOC(=O)N1CC2CCC1CC2N1CCC2(CC1)CNC(=O)O2.Cl.O=C1NCC2(CCNCC2)O1. The van der Waals surface area contributed by atoms with E-state index in [0.717, 1.165) is 84.1 Å². The van der Waals surface area contributed by atoms with Crippen molar-refractivity contribution in [2.45, 2.75) is 107 Å². The summed E-state index contributed by atoms with van der Waals surface area (Å²) in [6.07, 6.45) is 8.52. The average molecular weight is 727 g/mol. The van der Waals surface area contributed by atoms with Crippen molar-refractivity contribution in [3.8, 4) is 0 Å². The molecule has 8 heterocycles. The van der Waals surface area contributed by atoms with Gasteiger partial charge in [0.15, 0.2) is 0 Å². The molecule has 2 saturated carbocycles. The number of ketones is 1. The van der Waals surface area contributed by atoms with E-state index in [-0.39, 0.29) is 59.9 Å². The Balaban J connectivity index is 0.000000159. The summed E-state index contributed by atoms with van der Waals surface area (Å²) in [6, 6.07) is 0.976. The number of nitrogens with one attached hydrogen (secondary N) is 3. The molecule has 10 aliphatic rings. The van der Waals surface area contributed by atoms with Crippen molar-refractivity contribution in [2.24, 2.45) is 11.8 Å². The van der Waals surface area contributed by atoms with Gasteiger partial charge in [0, 0.05) is 82.3 Å². The van der Waals surface area contributed by atoms with Crippen LogP contribution in [0.15, 0.2) is 0 Å². The van der Waals surface area contributed by atoms with Gasteiger partial charge in [-0.3, -0.25) is 9.69 Å². The first kappa shape index (κ1) is 38.2. The Morgan fingerprint density at radius 2 is 1.34 bits per heavy atom. The molecule has 2 aliphatic carbocycles. The van der Waals surface area contributed by atoms with E-state index in [9.17, 15) is 24.0 Å². The number of alkyl carbamates (subject to hydrolysis) is 2. The number of hydrogen-bond donors (Lipinski definition) is 3. The summed E-state index contributed by atoms with van der Waals surface area (Å²) in [7, 11) is 0.